The van der Waals surface area contributed by atoms with Crippen LogP contribution in [0.1, 0.15) is 19.3 Å². The number of benzene rings is 1. The van der Waals surface area contributed by atoms with Gasteiger partial charge in [0, 0.05) is 18.2 Å². The second-order valence-electron chi connectivity index (χ2n) is 4.93. The predicted molar refractivity (Wildman–Crippen MR) is 85.5 cm³/mol. The number of rotatable bonds is 6. The minimum Gasteiger partial charge on any atom is -0.482 e. The summed E-state index contributed by atoms with van der Waals surface area (Å²) in [6, 6.07) is 7.17. The quantitative estimate of drug-likeness (QED) is 0.778. The van der Waals surface area contributed by atoms with Gasteiger partial charge in [-0.1, -0.05) is 0 Å². The molecule has 1 saturated heterocycles. The van der Waals surface area contributed by atoms with Gasteiger partial charge in [0.05, 0.1) is 7.11 Å². The van der Waals surface area contributed by atoms with Gasteiger partial charge >= 0.3 is 5.97 Å². The average Bonchev–Trinajstić information content (AvgIpc) is 2.99. The summed E-state index contributed by atoms with van der Waals surface area (Å²) in [6.45, 7) is 0.861. The molecule has 0 bridgehead atoms. The lowest BCUT2D eigenvalue weighted by atomic mass is 10.1. The van der Waals surface area contributed by atoms with Gasteiger partial charge in [0.15, 0.2) is 6.61 Å². The van der Waals surface area contributed by atoms with Crippen molar-refractivity contribution in [3.05, 3.63) is 24.3 Å². The largest absolute Gasteiger partial charge is 0.482 e. The van der Waals surface area contributed by atoms with Crippen molar-refractivity contribution in [3.8, 4) is 5.75 Å². The van der Waals surface area contributed by atoms with E-state index in [0.717, 1.165) is 19.4 Å². The molecule has 0 radical (unpaired) electrons. The van der Waals surface area contributed by atoms with E-state index in [1.165, 1.54) is 7.11 Å². The number of carbonyl (C=O) groups excluding carboxylic acids is 2. The number of hydrogen-bond acceptors (Lipinski definition) is 5. The minimum absolute atomic E-state index is 0. The molecular weight excluding hydrogens is 308 g/mol. The minimum atomic E-state index is -0.434. The fourth-order valence-electron chi connectivity index (χ4n) is 2.20. The van der Waals surface area contributed by atoms with E-state index in [4.69, 9.17) is 4.74 Å². The second kappa shape index (κ2) is 9.27. The van der Waals surface area contributed by atoms with Crippen molar-refractivity contribution in [2.75, 3.05) is 25.6 Å². The molecule has 0 spiro atoms. The summed E-state index contributed by atoms with van der Waals surface area (Å²) in [5.41, 5.74) is 0.711. The number of amides is 1. The zero-order valence-electron chi connectivity index (χ0n) is 12.5. The van der Waals surface area contributed by atoms with E-state index in [1.807, 2.05) is 0 Å². The lowest BCUT2D eigenvalue weighted by molar-refractivity contribution is -0.142. The average molecular weight is 329 g/mol. The van der Waals surface area contributed by atoms with Gasteiger partial charge in [0.25, 0.3) is 0 Å². The molecule has 1 heterocycles. The Morgan fingerprint density at radius 3 is 2.64 bits per heavy atom. The fourth-order valence-corrected chi connectivity index (χ4v) is 2.20. The van der Waals surface area contributed by atoms with Crippen molar-refractivity contribution >= 4 is 30.0 Å². The molecule has 1 aromatic carbocycles. The number of carbonyl (C=O) groups is 2. The van der Waals surface area contributed by atoms with Crippen LogP contribution in [0.3, 0.4) is 0 Å². The van der Waals surface area contributed by atoms with Crippen LogP contribution in [0.2, 0.25) is 0 Å². The number of ether oxygens (including phenoxy) is 2. The Labute approximate surface area is 136 Å². The van der Waals surface area contributed by atoms with Gasteiger partial charge in [-0.2, -0.15) is 0 Å². The summed E-state index contributed by atoms with van der Waals surface area (Å²) in [5, 5.41) is 6.14. The predicted octanol–water partition coefficient (Wildman–Crippen LogP) is 1.74. The maximum absolute atomic E-state index is 11.9. The van der Waals surface area contributed by atoms with E-state index in [1.54, 1.807) is 24.3 Å². The van der Waals surface area contributed by atoms with Crippen molar-refractivity contribution in [2.45, 2.75) is 25.3 Å². The summed E-state index contributed by atoms with van der Waals surface area (Å²) >= 11 is 0. The van der Waals surface area contributed by atoms with E-state index in [-0.39, 0.29) is 31.0 Å². The van der Waals surface area contributed by atoms with E-state index in [9.17, 15) is 9.59 Å². The molecule has 0 aliphatic carbocycles. The highest BCUT2D eigenvalue weighted by Crippen LogP contribution is 2.17. The third kappa shape index (κ3) is 5.91. The van der Waals surface area contributed by atoms with E-state index in [0.29, 0.717) is 17.9 Å². The van der Waals surface area contributed by atoms with Crippen LogP contribution in [0, 0.1) is 0 Å². The summed E-state index contributed by atoms with van der Waals surface area (Å²) in [5.74, 6) is 0.116. The Hall–Kier alpha value is -1.79. The first-order valence-electron chi connectivity index (χ1n) is 7.00. The normalized spacial score (nSPS) is 16.5. The lowest BCUT2D eigenvalue weighted by Gasteiger charge is -2.11. The van der Waals surface area contributed by atoms with Crippen molar-refractivity contribution in [2.24, 2.45) is 0 Å². The number of hydrogen-bond donors (Lipinski definition) is 2. The molecule has 22 heavy (non-hydrogen) atoms. The molecule has 1 aliphatic heterocycles. The van der Waals surface area contributed by atoms with Crippen molar-refractivity contribution in [3.63, 3.8) is 0 Å². The molecule has 2 N–H and O–H groups in total. The Bertz CT molecular complexity index is 487. The van der Waals surface area contributed by atoms with Gasteiger partial charge in [-0.05, 0) is 43.7 Å². The maximum Gasteiger partial charge on any atom is 0.343 e. The van der Waals surface area contributed by atoms with Crippen LogP contribution in [0.5, 0.6) is 5.75 Å². The van der Waals surface area contributed by atoms with Crippen LogP contribution in [0.4, 0.5) is 5.69 Å². The zero-order chi connectivity index (χ0) is 15.1. The molecule has 2 rings (SSSR count). The molecule has 1 aromatic rings. The van der Waals surface area contributed by atoms with Gasteiger partial charge in [0.2, 0.25) is 5.91 Å². The first-order chi connectivity index (χ1) is 10.2. The fraction of sp³-hybridized carbons (Fsp3) is 0.467. The van der Waals surface area contributed by atoms with E-state index >= 15 is 0 Å². The first kappa shape index (κ1) is 18.3. The Balaban J connectivity index is 0.00000242. The summed E-state index contributed by atoms with van der Waals surface area (Å²) in [4.78, 5) is 22.8. The van der Waals surface area contributed by atoms with Crippen LogP contribution in [-0.4, -0.2) is 38.2 Å². The molecule has 0 saturated carbocycles. The van der Waals surface area contributed by atoms with Crippen molar-refractivity contribution in [1.82, 2.24) is 5.32 Å². The van der Waals surface area contributed by atoms with Gasteiger partial charge in [0.1, 0.15) is 5.75 Å². The molecule has 1 fully saturated rings. The third-order valence-corrected chi connectivity index (χ3v) is 3.32. The monoisotopic (exact) mass is 328 g/mol. The highest BCUT2D eigenvalue weighted by molar-refractivity contribution is 5.91. The Kier molecular flexibility index (Phi) is 7.70. The molecule has 6 nitrogen and oxygen atoms in total. The number of nitrogens with one attached hydrogen (secondary N) is 2. The molecule has 0 aromatic heterocycles. The summed E-state index contributed by atoms with van der Waals surface area (Å²) in [6.07, 6.45) is 2.67. The highest BCUT2D eigenvalue weighted by atomic mass is 35.5. The van der Waals surface area contributed by atoms with Gasteiger partial charge < -0.3 is 20.1 Å². The van der Waals surface area contributed by atoms with E-state index < -0.39 is 5.97 Å². The topological polar surface area (TPSA) is 76.7 Å². The maximum atomic E-state index is 11.9. The molecule has 1 amide bonds. The zero-order valence-corrected chi connectivity index (χ0v) is 13.3. The highest BCUT2D eigenvalue weighted by Gasteiger charge is 2.17. The third-order valence-electron chi connectivity index (χ3n) is 3.32. The van der Waals surface area contributed by atoms with E-state index in [2.05, 4.69) is 15.4 Å². The van der Waals surface area contributed by atoms with Gasteiger partial charge in [-0.25, -0.2) is 4.79 Å². The second-order valence-corrected chi connectivity index (χ2v) is 4.93. The van der Waals surface area contributed by atoms with Crippen molar-refractivity contribution < 1.29 is 19.1 Å². The SMILES string of the molecule is COC(=O)COc1ccc(NC(=O)CC2CCCN2)cc1.Cl. The van der Waals surface area contributed by atoms with Gasteiger partial charge in [-0.15, -0.1) is 12.4 Å². The number of esters is 1. The number of anilines is 1. The van der Waals surface area contributed by atoms with Crippen LogP contribution >= 0.6 is 12.4 Å². The smallest absolute Gasteiger partial charge is 0.343 e. The van der Waals surface area contributed by atoms with Crippen molar-refractivity contribution in [1.29, 1.82) is 0 Å². The Morgan fingerprint density at radius 2 is 2.05 bits per heavy atom. The van der Waals surface area contributed by atoms with Crippen LogP contribution in [-0.2, 0) is 14.3 Å². The lowest BCUT2D eigenvalue weighted by Crippen LogP contribution is -2.27. The van der Waals surface area contributed by atoms with Crippen LogP contribution < -0.4 is 15.4 Å². The first-order valence-corrected chi connectivity index (χ1v) is 7.00. The molecule has 122 valence electrons. The molecular formula is C15H21ClN2O4. The summed E-state index contributed by atoms with van der Waals surface area (Å²) in [7, 11) is 1.31. The number of halogens is 1. The summed E-state index contributed by atoms with van der Waals surface area (Å²) < 4.78 is 9.71. The molecule has 7 heteroatoms. The molecule has 1 unspecified atom stereocenters. The van der Waals surface area contributed by atoms with Crippen LogP contribution in [0.15, 0.2) is 24.3 Å². The Morgan fingerprint density at radius 1 is 1.32 bits per heavy atom. The van der Waals surface area contributed by atoms with Gasteiger partial charge in [-0.3, -0.25) is 4.79 Å². The van der Waals surface area contributed by atoms with Crippen LogP contribution in [0.25, 0.3) is 0 Å². The molecule has 1 atom stereocenters. The molecule has 1 aliphatic rings. The standard InChI is InChI=1S/C15H20N2O4.ClH/c1-20-15(19)10-21-13-6-4-11(5-7-13)17-14(18)9-12-3-2-8-16-12;/h4-7,12,16H,2-3,8-10H2,1H3,(H,17,18);1H. The number of methoxy groups -OCH3 is 1.